The van der Waals surface area contributed by atoms with Crippen molar-refractivity contribution in [2.24, 2.45) is 0 Å². The van der Waals surface area contributed by atoms with E-state index in [0.29, 0.717) is 0 Å². The van der Waals surface area contributed by atoms with Crippen LogP contribution in [0.15, 0.2) is 11.8 Å². The molecule has 0 spiro atoms. The van der Waals surface area contributed by atoms with Gasteiger partial charge in [-0.05, 0) is 46.2 Å². The monoisotopic (exact) mass is 213 g/mol. The number of nitrogens with one attached hydrogen (secondary N) is 1. The van der Waals surface area contributed by atoms with Crippen LogP contribution in [0.4, 0.5) is 0 Å². The highest BCUT2D eigenvalue weighted by Crippen LogP contribution is 2.25. The summed E-state index contributed by atoms with van der Waals surface area (Å²) in [5.74, 6) is 0. The third kappa shape index (κ3) is 3.21. The Morgan fingerprint density at radius 1 is 1.60 bits per heavy atom. The maximum absolute atomic E-state index is 5.78. The SMILES string of the molecule is CCOC(C)(C)C(NC)C1=COCCC1. The van der Waals surface area contributed by atoms with E-state index in [1.807, 2.05) is 20.2 Å². The third-order valence-corrected chi connectivity index (χ3v) is 2.83. The van der Waals surface area contributed by atoms with Crippen LogP contribution in [0.3, 0.4) is 0 Å². The van der Waals surface area contributed by atoms with Gasteiger partial charge < -0.3 is 14.8 Å². The minimum absolute atomic E-state index is 0.184. The van der Waals surface area contributed by atoms with Gasteiger partial charge in [-0.25, -0.2) is 0 Å². The van der Waals surface area contributed by atoms with Crippen molar-refractivity contribution < 1.29 is 9.47 Å². The van der Waals surface area contributed by atoms with Crippen molar-refractivity contribution in [1.29, 1.82) is 0 Å². The summed E-state index contributed by atoms with van der Waals surface area (Å²) in [5.41, 5.74) is 1.12. The average molecular weight is 213 g/mol. The first-order valence-electron chi connectivity index (χ1n) is 5.73. The fourth-order valence-electron chi connectivity index (χ4n) is 2.23. The second-order valence-electron chi connectivity index (χ2n) is 4.43. The molecule has 0 aromatic carbocycles. The molecule has 1 rings (SSSR count). The molecule has 0 radical (unpaired) electrons. The van der Waals surface area contributed by atoms with Crippen LogP contribution in [0, 0.1) is 0 Å². The van der Waals surface area contributed by atoms with E-state index < -0.39 is 0 Å². The van der Waals surface area contributed by atoms with Gasteiger partial charge >= 0.3 is 0 Å². The Morgan fingerprint density at radius 3 is 2.80 bits per heavy atom. The number of hydrogen-bond donors (Lipinski definition) is 1. The standard InChI is InChI=1S/C12H23NO2/c1-5-15-12(2,3)11(13-4)10-7-6-8-14-9-10/h9,11,13H,5-8H2,1-4H3. The molecule has 88 valence electrons. The lowest BCUT2D eigenvalue weighted by atomic mass is 9.89. The van der Waals surface area contributed by atoms with Crippen LogP contribution < -0.4 is 5.32 Å². The lowest BCUT2D eigenvalue weighted by Crippen LogP contribution is -2.48. The molecule has 0 aliphatic carbocycles. The highest BCUT2D eigenvalue weighted by Gasteiger charge is 2.32. The van der Waals surface area contributed by atoms with Gasteiger partial charge in [0, 0.05) is 6.61 Å². The smallest absolute Gasteiger partial charge is 0.0876 e. The molecule has 3 heteroatoms. The van der Waals surface area contributed by atoms with Crippen LogP contribution in [0.1, 0.15) is 33.6 Å². The quantitative estimate of drug-likeness (QED) is 0.758. The molecule has 1 aliphatic rings. The lowest BCUT2D eigenvalue weighted by molar-refractivity contribution is -0.0299. The predicted octanol–water partition coefficient (Wildman–Crippen LogP) is 2.08. The lowest BCUT2D eigenvalue weighted by Gasteiger charge is -2.36. The maximum Gasteiger partial charge on any atom is 0.0876 e. The molecule has 0 fully saturated rings. The average Bonchev–Trinajstić information content (AvgIpc) is 2.19. The molecule has 1 aliphatic heterocycles. The van der Waals surface area contributed by atoms with E-state index in [2.05, 4.69) is 19.2 Å². The zero-order valence-corrected chi connectivity index (χ0v) is 10.3. The first kappa shape index (κ1) is 12.5. The van der Waals surface area contributed by atoms with Crippen LogP contribution in [0.5, 0.6) is 0 Å². The Hall–Kier alpha value is -0.540. The van der Waals surface area contributed by atoms with Crippen LogP contribution in [-0.4, -0.2) is 31.9 Å². The van der Waals surface area contributed by atoms with Crippen molar-refractivity contribution in [1.82, 2.24) is 5.32 Å². The summed E-state index contributed by atoms with van der Waals surface area (Å²) >= 11 is 0. The van der Waals surface area contributed by atoms with E-state index in [9.17, 15) is 0 Å². The molecule has 3 nitrogen and oxygen atoms in total. The van der Waals surface area contributed by atoms with Crippen molar-refractivity contribution in [3.8, 4) is 0 Å². The molecule has 1 N–H and O–H groups in total. The zero-order valence-electron chi connectivity index (χ0n) is 10.3. The van der Waals surface area contributed by atoms with Crippen LogP contribution in [0.2, 0.25) is 0 Å². The summed E-state index contributed by atoms with van der Waals surface area (Å²) in [6.45, 7) is 7.84. The molecule has 1 unspecified atom stereocenters. The van der Waals surface area contributed by atoms with E-state index in [-0.39, 0.29) is 11.6 Å². The summed E-state index contributed by atoms with van der Waals surface area (Å²) in [6, 6.07) is 0.234. The topological polar surface area (TPSA) is 30.5 Å². The van der Waals surface area contributed by atoms with Crippen molar-refractivity contribution in [3.63, 3.8) is 0 Å². The largest absolute Gasteiger partial charge is 0.501 e. The summed E-state index contributed by atoms with van der Waals surface area (Å²) in [7, 11) is 1.97. The van der Waals surface area contributed by atoms with Gasteiger partial charge in [0.2, 0.25) is 0 Å². The summed E-state index contributed by atoms with van der Waals surface area (Å²) < 4.78 is 11.2. The fourth-order valence-corrected chi connectivity index (χ4v) is 2.23. The van der Waals surface area contributed by atoms with Gasteiger partial charge in [0.15, 0.2) is 0 Å². The Morgan fingerprint density at radius 2 is 2.33 bits per heavy atom. The first-order valence-corrected chi connectivity index (χ1v) is 5.73. The second-order valence-corrected chi connectivity index (χ2v) is 4.43. The van der Waals surface area contributed by atoms with E-state index in [4.69, 9.17) is 9.47 Å². The molecule has 0 bridgehead atoms. The summed E-state index contributed by atoms with van der Waals surface area (Å²) in [4.78, 5) is 0. The molecule has 1 atom stereocenters. The Labute approximate surface area is 92.8 Å². The molecular formula is C12H23NO2. The van der Waals surface area contributed by atoms with Gasteiger partial charge in [0.05, 0.1) is 24.5 Å². The van der Waals surface area contributed by atoms with Gasteiger partial charge in [-0.2, -0.15) is 0 Å². The van der Waals surface area contributed by atoms with Gasteiger partial charge in [-0.3, -0.25) is 0 Å². The number of likely N-dealkylation sites (N-methyl/N-ethyl adjacent to an activating group) is 1. The van der Waals surface area contributed by atoms with Crippen molar-refractivity contribution in [2.45, 2.75) is 45.3 Å². The highest BCUT2D eigenvalue weighted by atomic mass is 16.5. The Bertz CT molecular complexity index is 224. The third-order valence-electron chi connectivity index (χ3n) is 2.83. The Kier molecular flexibility index (Phi) is 4.61. The number of rotatable bonds is 5. The minimum atomic E-state index is -0.184. The summed E-state index contributed by atoms with van der Waals surface area (Å²) in [5, 5.41) is 3.32. The maximum atomic E-state index is 5.78. The second kappa shape index (κ2) is 5.52. The van der Waals surface area contributed by atoms with E-state index >= 15 is 0 Å². The molecule has 0 saturated heterocycles. The highest BCUT2D eigenvalue weighted by molar-refractivity contribution is 5.15. The number of ether oxygens (including phenoxy) is 2. The van der Waals surface area contributed by atoms with E-state index in [0.717, 1.165) is 26.1 Å². The summed E-state index contributed by atoms with van der Waals surface area (Å²) in [6.07, 6.45) is 4.10. The predicted molar refractivity (Wildman–Crippen MR) is 61.8 cm³/mol. The zero-order chi connectivity index (χ0) is 11.3. The molecule has 1 heterocycles. The van der Waals surface area contributed by atoms with Gasteiger partial charge in [-0.1, -0.05) is 0 Å². The molecule has 15 heavy (non-hydrogen) atoms. The molecule has 0 aromatic heterocycles. The van der Waals surface area contributed by atoms with E-state index in [1.54, 1.807) is 0 Å². The van der Waals surface area contributed by atoms with Crippen LogP contribution >= 0.6 is 0 Å². The molecule has 0 saturated carbocycles. The van der Waals surface area contributed by atoms with Crippen LogP contribution in [0.25, 0.3) is 0 Å². The van der Waals surface area contributed by atoms with Crippen molar-refractivity contribution in [3.05, 3.63) is 11.8 Å². The molecular weight excluding hydrogens is 190 g/mol. The van der Waals surface area contributed by atoms with Gasteiger partial charge in [0.25, 0.3) is 0 Å². The first-order chi connectivity index (χ1) is 7.11. The minimum Gasteiger partial charge on any atom is -0.501 e. The molecule has 0 amide bonds. The molecule has 0 aromatic rings. The van der Waals surface area contributed by atoms with Crippen molar-refractivity contribution >= 4 is 0 Å². The van der Waals surface area contributed by atoms with Crippen LogP contribution in [-0.2, 0) is 9.47 Å². The van der Waals surface area contributed by atoms with Gasteiger partial charge in [-0.15, -0.1) is 0 Å². The normalized spacial score (nSPS) is 19.3. The van der Waals surface area contributed by atoms with E-state index in [1.165, 1.54) is 5.57 Å². The fraction of sp³-hybridized carbons (Fsp3) is 0.833. The Balaban J connectivity index is 2.72. The van der Waals surface area contributed by atoms with Crippen molar-refractivity contribution in [2.75, 3.05) is 20.3 Å². The van der Waals surface area contributed by atoms with Gasteiger partial charge in [0.1, 0.15) is 0 Å². The number of hydrogen-bond acceptors (Lipinski definition) is 3.